The molecule has 0 spiro atoms. The van der Waals surface area contributed by atoms with Crippen molar-refractivity contribution in [1.82, 2.24) is 15.2 Å². The monoisotopic (exact) mass is 311 g/mol. The van der Waals surface area contributed by atoms with Crippen LogP contribution in [0.15, 0.2) is 6.20 Å². The minimum Gasteiger partial charge on any atom is -0.481 e. The van der Waals surface area contributed by atoms with Gasteiger partial charge in [-0.3, -0.25) is 4.79 Å². The van der Waals surface area contributed by atoms with Crippen LogP contribution in [0, 0.1) is 12.8 Å². The van der Waals surface area contributed by atoms with Crippen molar-refractivity contribution < 1.29 is 14.7 Å². The first-order valence-electron chi connectivity index (χ1n) is 7.20. The Balaban J connectivity index is 1.69. The highest BCUT2D eigenvalue weighted by atomic mass is 32.1. The van der Waals surface area contributed by atoms with Crippen molar-refractivity contribution in [1.29, 1.82) is 0 Å². The number of carbonyl (C=O) groups excluding carboxylic acids is 1. The molecule has 1 fully saturated rings. The van der Waals surface area contributed by atoms with E-state index < -0.39 is 5.97 Å². The summed E-state index contributed by atoms with van der Waals surface area (Å²) in [6, 6.07) is -0.0438. The molecule has 1 aliphatic rings. The molecule has 7 heteroatoms. The second kappa shape index (κ2) is 7.40. The van der Waals surface area contributed by atoms with Crippen LogP contribution in [-0.2, 0) is 11.3 Å². The lowest BCUT2D eigenvalue weighted by Gasteiger charge is -2.31. The zero-order valence-corrected chi connectivity index (χ0v) is 13.0. The fourth-order valence-electron chi connectivity index (χ4n) is 2.51. The average Bonchev–Trinajstić information content (AvgIpc) is 2.89. The van der Waals surface area contributed by atoms with Gasteiger partial charge >= 0.3 is 12.0 Å². The maximum Gasteiger partial charge on any atom is 0.317 e. The summed E-state index contributed by atoms with van der Waals surface area (Å²) in [6.07, 6.45) is 4.51. The number of carboxylic acids is 1. The molecule has 0 aromatic carbocycles. The first kappa shape index (κ1) is 15.8. The minimum atomic E-state index is -0.741. The van der Waals surface area contributed by atoms with Crippen LogP contribution in [0.1, 0.15) is 35.6 Å². The number of nitrogens with one attached hydrogen (secondary N) is 1. The predicted octanol–water partition coefficient (Wildman–Crippen LogP) is 2.24. The van der Waals surface area contributed by atoms with Gasteiger partial charge in [-0.15, -0.1) is 11.3 Å². The van der Waals surface area contributed by atoms with Gasteiger partial charge in [0.2, 0.25) is 0 Å². The molecule has 0 bridgehead atoms. The van der Waals surface area contributed by atoms with Crippen LogP contribution in [0.5, 0.6) is 0 Å². The Morgan fingerprint density at radius 3 is 2.76 bits per heavy atom. The second-order valence-electron chi connectivity index (χ2n) is 5.37. The molecule has 0 unspecified atom stereocenters. The van der Waals surface area contributed by atoms with Crippen molar-refractivity contribution in [2.24, 2.45) is 5.92 Å². The SMILES string of the molecule is Cc1ncc(CNC(=O)N2CCC(CCC(=O)O)CC2)s1. The molecule has 0 radical (unpaired) electrons. The first-order chi connectivity index (χ1) is 10.0. The number of rotatable bonds is 5. The van der Waals surface area contributed by atoms with Crippen molar-refractivity contribution in [3.63, 3.8) is 0 Å². The first-order valence-corrected chi connectivity index (χ1v) is 8.02. The largest absolute Gasteiger partial charge is 0.481 e. The van der Waals surface area contributed by atoms with E-state index in [-0.39, 0.29) is 12.5 Å². The number of hydrogen-bond acceptors (Lipinski definition) is 4. The smallest absolute Gasteiger partial charge is 0.317 e. The zero-order chi connectivity index (χ0) is 15.2. The quantitative estimate of drug-likeness (QED) is 0.873. The van der Waals surface area contributed by atoms with Crippen molar-refractivity contribution in [3.05, 3.63) is 16.1 Å². The van der Waals surface area contributed by atoms with Crippen LogP contribution in [0.3, 0.4) is 0 Å². The highest BCUT2D eigenvalue weighted by Gasteiger charge is 2.23. The van der Waals surface area contributed by atoms with E-state index in [4.69, 9.17) is 5.11 Å². The molecule has 2 heterocycles. The minimum absolute atomic E-state index is 0.0438. The lowest BCUT2D eigenvalue weighted by Crippen LogP contribution is -2.44. The number of aryl methyl sites for hydroxylation is 1. The fourth-order valence-corrected chi connectivity index (χ4v) is 3.25. The third kappa shape index (κ3) is 5.00. The van der Waals surface area contributed by atoms with Crippen molar-refractivity contribution >= 4 is 23.3 Å². The van der Waals surface area contributed by atoms with Gasteiger partial charge in [0.05, 0.1) is 11.6 Å². The Morgan fingerprint density at radius 2 is 2.19 bits per heavy atom. The summed E-state index contributed by atoms with van der Waals surface area (Å²) in [7, 11) is 0. The Kier molecular flexibility index (Phi) is 5.55. The second-order valence-corrected chi connectivity index (χ2v) is 6.69. The summed E-state index contributed by atoms with van der Waals surface area (Å²) in [5.41, 5.74) is 0. The van der Waals surface area contributed by atoms with Gasteiger partial charge in [-0.05, 0) is 32.1 Å². The summed E-state index contributed by atoms with van der Waals surface area (Å²) in [6.45, 7) is 3.87. The van der Waals surface area contributed by atoms with Crippen molar-refractivity contribution in [3.8, 4) is 0 Å². The van der Waals surface area contributed by atoms with Crippen molar-refractivity contribution in [2.45, 2.75) is 39.2 Å². The van der Waals surface area contributed by atoms with Crippen LogP contribution < -0.4 is 5.32 Å². The van der Waals surface area contributed by atoms with Crippen LogP contribution in [0.25, 0.3) is 0 Å². The molecule has 21 heavy (non-hydrogen) atoms. The normalized spacial score (nSPS) is 16.0. The topological polar surface area (TPSA) is 82.5 Å². The molecule has 0 aliphatic carbocycles. The van der Waals surface area contributed by atoms with Crippen LogP contribution in [0.4, 0.5) is 4.79 Å². The van der Waals surface area contributed by atoms with Gasteiger partial charge in [0.1, 0.15) is 0 Å². The molecule has 0 atom stereocenters. The number of thiazole rings is 1. The molecule has 2 rings (SSSR count). The van der Waals surface area contributed by atoms with E-state index in [1.54, 1.807) is 17.5 Å². The van der Waals surface area contributed by atoms with E-state index in [0.29, 0.717) is 32.0 Å². The Hall–Kier alpha value is -1.63. The lowest BCUT2D eigenvalue weighted by molar-refractivity contribution is -0.137. The number of piperidine rings is 1. The molecule has 0 saturated carbocycles. The van der Waals surface area contributed by atoms with E-state index in [9.17, 15) is 9.59 Å². The molecule has 2 N–H and O–H groups in total. The summed E-state index contributed by atoms with van der Waals surface area (Å²) in [4.78, 5) is 29.6. The lowest BCUT2D eigenvalue weighted by atomic mass is 9.92. The Labute approximate surface area is 128 Å². The number of aliphatic carboxylic acids is 1. The van der Waals surface area contributed by atoms with E-state index in [2.05, 4.69) is 10.3 Å². The molecule has 1 aromatic rings. The Morgan fingerprint density at radius 1 is 1.48 bits per heavy atom. The molecular weight excluding hydrogens is 290 g/mol. The number of carboxylic acid groups (broad SMARTS) is 1. The third-order valence-electron chi connectivity index (χ3n) is 3.75. The maximum atomic E-state index is 12.1. The third-order valence-corrected chi connectivity index (χ3v) is 4.66. The summed E-state index contributed by atoms with van der Waals surface area (Å²) >= 11 is 1.59. The number of amides is 2. The fraction of sp³-hybridized carbons (Fsp3) is 0.643. The highest BCUT2D eigenvalue weighted by Crippen LogP contribution is 2.22. The van der Waals surface area contributed by atoms with Gasteiger partial charge in [-0.25, -0.2) is 9.78 Å². The van der Waals surface area contributed by atoms with Gasteiger partial charge in [0.15, 0.2) is 0 Å². The molecule has 1 aromatic heterocycles. The van der Waals surface area contributed by atoms with Gasteiger partial charge in [-0.1, -0.05) is 0 Å². The molecular formula is C14H21N3O3S. The van der Waals surface area contributed by atoms with Gasteiger partial charge < -0.3 is 15.3 Å². The number of nitrogens with zero attached hydrogens (tertiary/aromatic N) is 2. The van der Waals surface area contributed by atoms with Gasteiger partial charge in [-0.2, -0.15) is 0 Å². The van der Waals surface area contributed by atoms with Gasteiger partial charge in [0.25, 0.3) is 0 Å². The summed E-state index contributed by atoms with van der Waals surface area (Å²) in [5, 5.41) is 12.6. The van der Waals surface area contributed by atoms with E-state index in [1.165, 1.54) is 0 Å². The standard InChI is InChI=1S/C14H21N3O3S/c1-10-15-8-12(21-10)9-16-14(20)17-6-4-11(5-7-17)2-3-13(18)19/h8,11H,2-7,9H2,1H3,(H,16,20)(H,18,19). The van der Waals surface area contributed by atoms with Gasteiger partial charge in [0, 0.05) is 30.6 Å². The number of aromatic nitrogens is 1. The summed E-state index contributed by atoms with van der Waals surface area (Å²) < 4.78 is 0. The molecule has 2 amide bonds. The Bertz CT molecular complexity index is 495. The average molecular weight is 311 g/mol. The summed E-state index contributed by atoms with van der Waals surface area (Å²) in [5.74, 6) is -0.315. The number of carbonyl (C=O) groups is 2. The molecule has 1 aliphatic heterocycles. The molecule has 116 valence electrons. The number of likely N-dealkylation sites (tertiary alicyclic amines) is 1. The van der Waals surface area contributed by atoms with E-state index in [0.717, 1.165) is 22.7 Å². The van der Waals surface area contributed by atoms with Crippen LogP contribution >= 0.6 is 11.3 Å². The maximum absolute atomic E-state index is 12.1. The van der Waals surface area contributed by atoms with Crippen LogP contribution in [-0.4, -0.2) is 40.1 Å². The highest BCUT2D eigenvalue weighted by molar-refractivity contribution is 7.11. The predicted molar refractivity (Wildman–Crippen MR) is 80.3 cm³/mol. The van der Waals surface area contributed by atoms with Crippen LogP contribution in [0.2, 0.25) is 0 Å². The van der Waals surface area contributed by atoms with E-state index in [1.807, 2.05) is 11.8 Å². The molecule has 6 nitrogen and oxygen atoms in total. The zero-order valence-electron chi connectivity index (χ0n) is 12.2. The van der Waals surface area contributed by atoms with Crippen molar-refractivity contribution in [2.75, 3.05) is 13.1 Å². The van der Waals surface area contributed by atoms with E-state index >= 15 is 0 Å². The molecule has 1 saturated heterocycles. The number of urea groups is 1. The number of hydrogen-bond donors (Lipinski definition) is 2.